The fraction of sp³-hybridized carbons (Fsp3) is 1.00. The second-order valence-corrected chi connectivity index (χ2v) is 17.4. The molecule has 0 bridgehead atoms. The monoisotopic (exact) mass is 244 g/mol. The first kappa shape index (κ1) is 15.4. The van der Waals surface area contributed by atoms with Gasteiger partial charge >= 0.3 is 0 Å². The van der Waals surface area contributed by atoms with Crippen molar-refractivity contribution in [1.29, 1.82) is 0 Å². The molecule has 0 aliphatic carbocycles. The van der Waals surface area contributed by atoms with E-state index in [1.165, 1.54) is 31.0 Å². The van der Waals surface area contributed by atoms with Gasteiger partial charge in [0, 0.05) is 8.07 Å². The van der Waals surface area contributed by atoms with Gasteiger partial charge in [-0.05, 0) is 0 Å². The summed E-state index contributed by atoms with van der Waals surface area (Å²) in [5.41, 5.74) is 1.68. The van der Waals surface area contributed by atoms with E-state index in [1.807, 2.05) is 0 Å². The van der Waals surface area contributed by atoms with Crippen LogP contribution in [0.15, 0.2) is 0 Å². The minimum absolute atomic E-state index is 0.841. The Bertz CT molecular complexity index is 152. The molecule has 0 unspecified atom stereocenters. The van der Waals surface area contributed by atoms with Crippen LogP contribution in [-0.4, -0.2) is 16.1 Å². The summed E-state index contributed by atoms with van der Waals surface area (Å²) in [7, 11) is -1.70. The van der Waals surface area contributed by atoms with Crippen molar-refractivity contribution in [3.63, 3.8) is 0 Å². The summed E-state index contributed by atoms with van der Waals surface area (Å²) in [6.07, 6.45) is 2.86. The maximum Gasteiger partial charge on any atom is 0.0501 e. The van der Waals surface area contributed by atoms with Crippen LogP contribution in [-0.2, 0) is 0 Å². The van der Waals surface area contributed by atoms with Gasteiger partial charge < -0.3 is 0 Å². The van der Waals surface area contributed by atoms with Crippen LogP contribution in [0, 0.1) is 0 Å². The molecule has 0 amide bonds. The Morgan fingerprint density at radius 2 is 1.27 bits per heavy atom. The topological polar surface area (TPSA) is 0 Å². The smallest absolute Gasteiger partial charge is 0.0501 e. The maximum atomic E-state index is 2.63. The Morgan fingerprint density at radius 1 is 0.800 bits per heavy atom. The van der Waals surface area contributed by atoms with Crippen LogP contribution in [0.2, 0.25) is 42.9 Å². The molecule has 15 heavy (non-hydrogen) atoms. The first-order chi connectivity index (χ1) is 6.95. The van der Waals surface area contributed by atoms with Crippen molar-refractivity contribution in [3.05, 3.63) is 0 Å². The van der Waals surface area contributed by atoms with Crippen molar-refractivity contribution >= 4 is 16.1 Å². The Labute approximate surface area is 99.9 Å². The third-order valence-electron chi connectivity index (χ3n) is 4.31. The van der Waals surface area contributed by atoms with Gasteiger partial charge in [-0.1, -0.05) is 83.5 Å². The van der Waals surface area contributed by atoms with Crippen molar-refractivity contribution in [1.82, 2.24) is 0 Å². The molecule has 0 aromatic rings. The second-order valence-electron chi connectivity index (χ2n) is 6.01. The molecule has 0 aromatic carbocycles. The minimum Gasteiger partial charge on any atom is -0.0696 e. The van der Waals surface area contributed by atoms with Crippen molar-refractivity contribution < 1.29 is 0 Å². The van der Waals surface area contributed by atoms with Crippen molar-refractivity contribution in [2.24, 2.45) is 0 Å². The molecule has 92 valence electrons. The normalized spacial score (nSPS) is 13.2. The lowest BCUT2D eigenvalue weighted by molar-refractivity contribution is 0.866. The van der Waals surface area contributed by atoms with E-state index in [9.17, 15) is 0 Å². The van der Waals surface area contributed by atoms with E-state index in [4.69, 9.17) is 0 Å². The van der Waals surface area contributed by atoms with E-state index in [0.29, 0.717) is 0 Å². The highest BCUT2D eigenvalue weighted by atomic mass is 28.4. The van der Waals surface area contributed by atoms with Gasteiger partial charge in [0.15, 0.2) is 0 Å². The van der Waals surface area contributed by atoms with Crippen LogP contribution in [0.25, 0.3) is 0 Å². The Kier molecular flexibility index (Phi) is 7.10. The van der Waals surface area contributed by atoms with Crippen LogP contribution in [0.3, 0.4) is 0 Å². The average molecular weight is 245 g/mol. The molecule has 0 fully saturated rings. The van der Waals surface area contributed by atoms with Crippen molar-refractivity contribution in [2.45, 2.75) is 83.5 Å². The van der Waals surface area contributed by atoms with E-state index in [2.05, 4.69) is 40.8 Å². The largest absolute Gasteiger partial charge is 0.0696 e. The van der Waals surface area contributed by atoms with Crippen LogP contribution < -0.4 is 0 Å². The molecule has 0 nitrogen and oxygen atoms in total. The van der Waals surface area contributed by atoms with Gasteiger partial charge in [-0.15, -0.1) is 0 Å². The van der Waals surface area contributed by atoms with Crippen LogP contribution in [0.1, 0.15) is 40.5 Å². The predicted molar refractivity (Wildman–Crippen MR) is 79.2 cm³/mol. The van der Waals surface area contributed by atoms with Crippen LogP contribution in [0.5, 0.6) is 0 Å². The fourth-order valence-electron chi connectivity index (χ4n) is 2.88. The highest BCUT2D eigenvalue weighted by Crippen LogP contribution is 2.32. The lowest BCUT2D eigenvalue weighted by Gasteiger charge is -2.36. The second kappa shape index (κ2) is 6.90. The summed E-state index contributed by atoms with van der Waals surface area (Å²) in [6.45, 7) is 14.9. The summed E-state index contributed by atoms with van der Waals surface area (Å²) < 4.78 is 0. The summed E-state index contributed by atoms with van der Waals surface area (Å²) in [6, 6.07) is 6.12. The molecular weight excluding hydrogens is 212 g/mol. The van der Waals surface area contributed by atoms with Gasteiger partial charge in [0.05, 0.1) is 8.07 Å². The molecule has 0 atom stereocenters. The Morgan fingerprint density at radius 3 is 1.60 bits per heavy atom. The molecular formula is C13H32Si2. The summed E-state index contributed by atoms with van der Waals surface area (Å²) in [5.74, 6) is 0. The van der Waals surface area contributed by atoms with Gasteiger partial charge in [0.2, 0.25) is 0 Å². The van der Waals surface area contributed by atoms with E-state index < -0.39 is 16.1 Å². The molecule has 0 rings (SSSR count). The highest BCUT2D eigenvalue weighted by molar-refractivity contribution is 6.96. The van der Waals surface area contributed by atoms with E-state index >= 15 is 0 Å². The molecule has 0 spiro atoms. The molecule has 2 heteroatoms. The summed E-state index contributed by atoms with van der Waals surface area (Å²) in [5, 5.41) is 0. The summed E-state index contributed by atoms with van der Waals surface area (Å²) in [4.78, 5) is 0. The van der Waals surface area contributed by atoms with Gasteiger partial charge in [0.1, 0.15) is 0 Å². The van der Waals surface area contributed by atoms with Crippen LogP contribution in [0.4, 0.5) is 0 Å². The number of rotatable bonds is 8. The molecule has 0 saturated heterocycles. The zero-order valence-corrected chi connectivity index (χ0v) is 13.9. The molecule has 0 aromatic heterocycles. The number of hydrogen-bond acceptors (Lipinski definition) is 0. The molecule has 0 aliphatic heterocycles. The number of unbranched alkanes of at least 4 members (excludes halogenated alkanes) is 1. The Hall–Kier alpha value is 0.434. The Balaban J connectivity index is 4.37. The lowest BCUT2D eigenvalue weighted by Crippen LogP contribution is -2.42. The third kappa shape index (κ3) is 5.34. The molecule has 0 heterocycles. The maximum absolute atomic E-state index is 2.63. The SMILES string of the molecule is CCCC[Si](C)(C)C[Si](CC)(CC)CC. The molecule has 0 N–H and O–H groups in total. The lowest BCUT2D eigenvalue weighted by atomic mass is 10.4. The van der Waals surface area contributed by atoms with Crippen molar-refractivity contribution in [2.75, 3.05) is 0 Å². The zero-order chi connectivity index (χ0) is 11.9. The summed E-state index contributed by atoms with van der Waals surface area (Å²) >= 11 is 0. The van der Waals surface area contributed by atoms with Gasteiger partial charge in [-0.2, -0.15) is 0 Å². The van der Waals surface area contributed by atoms with Crippen molar-refractivity contribution in [3.8, 4) is 0 Å². The van der Waals surface area contributed by atoms with Crippen LogP contribution >= 0.6 is 0 Å². The standard InChI is InChI=1S/C13H32Si2/c1-7-11-12-14(5,6)13-15(8-2,9-3)10-4/h7-13H2,1-6H3. The molecule has 0 saturated carbocycles. The number of hydrogen-bond donors (Lipinski definition) is 0. The fourth-order valence-corrected chi connectivity index (χ4v) is 17.5. The van der Waals surface area contributed by atoms with Gasteiger partial charge in [0.25, 0.3) is 0 Å². The highest BCUT2D eigenvalue weighted by Gasteiger charge is 2.34. The predicted octanol–water partition coefficient (Wildman–Crippen LogP) is 5.54. The van der Waals surface area contributed by atoms with E-state index in [-0.39, 0.29) is 0 Å². The molecule has 0 radical (unpaired) electrons. The zero-order valence-electron chi connectivity index (χ0n) is 11.9. The first-order valence-electron chi connectivity index (χ1n) is 6.95. The molecule has 0 aliphatic rings. The first-order valence-corrected chi connectivity index (χ1v) is 13.2. The van der Waals surface area contributed by atoms with Gasteiger partial charge in [-0.3, -0.25) is 0 Å². The van der Waals surface area contributed by atoms with E-state index in [0.717, 1.165) is 0 Å². The quantitative estimate of drug-likeness (QED) is 0.492. The minimum atomic E-state index is -0.861. The van der Waals surface area contributed by atoms with E-state index in [1.54, 1.807) is 11.7 Å². The van der Waals surface area contributed by atoms with Gasteiger partial charge in [-0.25, -0.2) is 0 Å². The third-order valence-corrected chi connectivity index (χ3v) is 17.3. The average Bonchev–Trinajstić information content (AvgIpc) is 2.23.